The Morgan fingerprint density at radius 3 is 2.72 bits per heavy atom. The summed E-state index contributed by atoms with van der Waals surface area (Å²) in [6, 6.07) is 7.15. The molecule has 0 saturated heterocycles. The number of nitrogens with one attached hydrogen (secondary N) is 1. The summed E-state index contributed by atoms with van der Waals surface area (Å²) in [5.41, 5.74) is 0.959. The van der Waals surface area contributed by atoms with Crippen molar-refractivity contribution in [1.82, 2.24) is 5.32 Å². The second-order valence-electron chi connectivity index (χ2n) is 4.06. The molecule has 5 heteroatoms. The van der Waals surface area contributed by atoms with Crippen LogP contribution in [0.5, 0.6) is 5.75 Å². The lowest BCUT2D eigenvalue weighted by Gasteiger charge is -2.23. The van der Waals surface area contributed by atoms with Gasteiger partial charge in [-0.1, -0.05) is 12.1 Å². The van der Waals surface area contributed by atoms with E-state index in [1.54, 1.807) is 14.2 Å². The Labute approximate surface area is 107 Å². The molecular formula is C13H20N2O3. The summed E-state index contributed by atoms with van der Waals surface area (Å²) in [6.45, 7) is 0.637. The van der Waals surface area contributed by atoms with Crippen LogP contribution in [0.2, 0.25) is 0 Å². The number of nitrogens with zero attached hydrogens (tertiary/aromatic N) is 1. The minimum atomic E-state index is -0.828. The first-order valence-corrected chi connectivity index (χ1v) is 5.84. The maximum absolute atomic E-state index is 10.9. The van der Waals surface area contributed by atoms with Crippen molar-refractivity contribution < 1.29 is 14.6 Å². The highest BCUT2D eigenvalue weighted by atomic mass is 16.5. The van der Waals surface area contributed by atoms with Crippen molar-refractivity contribution in [2.45, 2.75) is 12.5 Å². The maximum Gasteiger partial charge on any atom is 0.320 e. The first-order chi connectivity index (χ1) is 8.60. The Bertz CT molecular complexity index is 396. The molecule has 0 amide bonds. The summed E-state index contributed by atoms with van der Waals surface area (Å²) in [4.78, 5) is 12.9. The van der Waals surface area contributed by atoms with Crippen LogP contribution >= 0.6 is 0 Å². The van der Waals surface area contributed by atoms with Crippen molar-refractivity contribution in [2.24, 2.45) is 0 Å². The molecule has 18 heavy (non-hydrogen) atoms. The molecule has 0 aromatic heterocycles. The van der Waals surface area contributed by atoms with E-state index in [9.17, 15) is 4.79 Å². The van der Waals surface area contributed by atoms with Gasteiger partial charge in [0.15, 0.2) is 0 Å². The Kier molecular flexibility index (Phi) is 5.45. The number of anilines is 1. The summed E-state index contributed by atoms with van der Waals surface area (Å²) in [5.74, 6) is -0.0396. The number of rotatable bonds is 7. The first kappa shape index (κ1) is 14.3. The number of carboxylic acids is 1. The quantitative estimate of drug-likeness (QED) is 0.763. The van der Waals surface area contributed by atoms with E-state index in [4.69, 9.17) is 9.84 Å². The number of carbonyl (C=O) groups is 1. The number of hydrogen-bond donors (Lipinski definition) is 2. The number of likely N-dealkylation sites (N-methyl/N-ethyl adjacent to an activating group) is 1. The molecule has 1 atom stereocenters. The second-order valence-corrected chi connectivity index (χ2v) is 4.06. The number of para-hydroxylation sites is 2. The zero-order chi connectivity index (χ0) is 13.5. The molecule has 0 spiro atoms. The Morgan fingerprint density at radius 1 is 1.50 bits per heavy atom. The van der Waals surface area contributed by atoms with Gasteiger partial charge in [-0.15, -0.1) is 0 Å². The van der Waals surface area contributed by atoms with Gasteiger partial charge in [-0.2, -0.15) is 0 Å². The molecule has 1 unspecified atom stereocenters. The van der Waals surface area contributed by atoms with E-state index in [0.29, 0.717) is 13.0 Å². The van der Waals surface area contributed by atoms with Crippen LogP contribution in [0.1, 0.15) is 6.42 Å². The third-order valence-electron chi connectivity index (χ3n) is 2.90. The van der Waals surface area contributed by atoms with Gasteiger partial charge in [0.25, 0.3) is 0 Å². The fourth-order valence-corrected chi connectivity index (χ4v) is 1.78. The average molecular weight is 252 g/mol. The van der Waals surface area contributed by atoms with Gasteiger partial charge in [0.2, 0.25) is 0 Å². The largest absolute Gasteiger partial charge is 0.495 e. The van der Waals surface area contributed by atoms with Crippen molar-refractivity contribution in [3.63, 3.8) is 0 Å². The van der Waals surface area contributed by atoms with Crippen molar-refractivity contribution >= 4 is 11.7 Å². The van der Waals surface area contributed by atoms with Crippen LogP contribution in [-0.2, 0) is 4.79 Å². The summed E-state index contributed by atoms with van der Waals surface area (Å²) in [5, 5.41) is 11.7. The molecule has 5 nitrogen and oxygen atoms in total. The molecule has 0 aliphatic carbocycles. The molecule has 1 aromatic carbocycles. The lowest BCUT2D eigenvalue weighted by molar-refractivity contribution is -0.139. The first-order valence-electron chi connectivity index (χ1n) is 5.84. The van der Waals surface area contributed by atoms with Crippen LogP contribution in [0.3, 0.4) is 0 Å². The molecule has 1 aromatic rings. The van der Waals surface area contributed by atoms with Crippen molar-refractivity contribution in [1.29, 1.82) is 0 Å². The number of ether oxygens (including phenoxy) is 1. The van der Waals surface area contributed by atoms with E-state index in [1.165, 1.54) is 0 Å². The third kappa shape index (κ3) is 3.63. The van der Waals surface area contributed by atoms with Crippen molar-refractivity contribution in [3.05, 3.63) is 24.3 Å². The van der Waals surface area contributed by atoms with E-state index in [0.717, 1.165) is 11.4 Å². The topological polar surface area (TPSA) is 61.8 Å². The number of aliphatic carboxylic acids is 1. The van der Waals surface area contributed by atoms with Gasteiger partial charge in [0.05, 0.1) is 12.8 Å². The number of benzene rings is 1. The van der Waals surface area contributed by atoms with E-state index in [1.807, 2.05) is 36.2 Å². The number of methoxy groups -OCH3 is 1. The van der Waals surface area contributed by atoms with Gasteiger partial charge in [0, 0.05) is 13.6 Å². The molecule has 100 valence electrons. The SMILES string of the molecule is CNC(CCN(C)c1ccccc1OC)C(=O)O. The lowest BCUT2D eigenvalue weighted by Crippen LogP contribution is -2.37. The van der Waals surface area contributed by atoms with Crippen LogP contribution in [0.15, 0.2) is 24.3 Å². The normalized spacial score (nSPS) is 11.9. The average Bonchev–Trinajstić information content (AvgIpc) is 2.38. The molecule has 0 heterocycles. The Hall–Kier alpha value is -1.75. The minimum absolute atomic E-state index is 0.526. The predicted octanol–water partition coefficient (Wildman–Crippen LogP) is 1.19. The minimum Gasteiger partial charge on any atom is -0.495 e. The molecule has 0 fully saturated rings. The van der Waals surface area contributed by atoms with E-state index < -0.39 is 12.0 Å². The monoisotopic (exact) mass is 252 g/mol. The van der Waals surface area contributed by atoms with E-state index in [-0.39, 0.29) is 0 Å². The Morgan fingerprint density at radius 2 is 2.17 bits per heavy atom. The molecule has 0 aliphatic rings. The van der Waals surface area contributed by atoms with Crippen molar-refractivity contribution in [2.75, 3.05) is 32.6 Å². The summed E-state index contributed by atoms with van der Waals surface area (Å²) in [7, 11) is 5.20. The van der Waals surface area contributed by atoms with Crippen molar-refractivity contribution in [3.8, 4) is 5.75 Å². The van der Waals surface area contributed by atoms with Crippen LogP contribution in [-0.4, -0.2) is 44.9 Å². The fourth-order valence-electron chi connectivity index (χ4n) is 1.78. The summed E-state index contributed by atoms with van der Waals surface area (Å²) < 4.78 is 5.27. The van der Waals surface area contributed by atoms with E-state index >= 15 is 0 Å². The van der Waals surface area contributed by atoms with Gasteiger partial charge in [-0.05, 0) is 25.6 Å². The Balaban J connectivity index is 2.65. The van der Waals surface area contributed by atoms with Crippen LogP contribution in [0.4, 0.5) is 5.69 Å². The molecule has 0 saturated carbocycles. The van der Waals surface area contributed by atoms with Crippen LogP contribution in [0.25, 0.3) is 0 Å². The standard InChI is InChI=1S/C13H20N2O3/c1-14-10(13(16)17)8-9-15(2)11-6-4-5-7-12(11)18-3/h4-7,10,14H,8-9H2,1-3H3,(H,16,17). The van der Waals surface area contributed by atoms with Crippen LogP contribution in [0, 0.1) is 0 Å². The van der Waals surface area contributed by atoms with Gasteiger partial charge >= 0.3 is 5.97 Å². The fraction of sp³-hybridized carbons (Fsp3) is 0.462. The highest BCUT2D eigenvalue weighted by Gasteiger charge is 2.16. The van der Waals surface area contributed by atoms with Gasteiger partial charge in [-0.3, -0.25) is 4.79 Å². The van der Waals surface area contributed by atoms with Gasteiger partial charge in [-0.25, -0.2) is 0 Å². The summed E-state index contributed by atoms with van der Waals surface area (Å²) in [6.07, 6.45) is 0.528. The molecule has 2 N–H and O–H groups in total. The van der Waals surface area contributed by atoms with Crippen LogP contribution < -0.4 is 15.0 Å². The predicted molar refractivity (Wildman–Crippen MR) is 71.4 cm³/mol. The molecule has 0 aliphatic heterocycles. The summed E-state index contributed by atoms with van der Waals surface area (Å²) >= 11 is 0. The third-order valence-corrected chi connectivity index (χ3v) is 2.90. The molecule has 0 radical (unpaired) electrons. The molecule has 0 bridgehead atoms. The number of hydrogen-bond acceptors (Lipinski definition) is 4. The highest BCUT2D eigenvalue weighted by Crippen LogP contribution is 2.26. The highest BCUT2D eigenvalue weighted by molar-refractivity contribution is 5.73. The second kappa shape index (κ2) is 6.86. The maximum atomic E-state index is 10.9. The molecular weight excluding hydrogens is 232 g/mol. The van der Waals surface area contributed by atoms with E-state index in [2.05, 4.69) is 5.32 Å². The molecule has 1 rings (SSSR count). The lowest BCUT2D eigenvalue weighted by atomic mass is 10.2. The number of carboxylic acid groups (broad SMARTS) is 1. The zero-order valence-corrected chi connectivity index (χ0v) is 11.0. The zero-order valence-electron chi connectivity index (χ0n) is 11.0. The smallest absolute Gasteiger partial charge is 0.320 e. The van der Waals surface area contributed by atoms with Gasteiger partial charge in [0.1, 0.15) is 11.8 Å². The van der Waals surface area contributed by atoms with Gasteiger partial charge < -0.3 is 20.1 Å².